The Morgan fingerprint density at radius 1 is 0.700 bits per heavy atom. The van der Waals surface area contributed by atoms with E-state index in [1.54, 1.807) is 0 Å². The van der Waals surface area contributed by atoms with Gasteiger partial charge in [0, 0.05) is 25.2 Å². The molecule has 3 saturated carbocycles. The molecule has 0 aromatic rings. The normalized spacial score (nSPS) is 26.2. The van der Waals surface area contributed by atoms with Crippen LogP contribution in [-0.2, 0) is 0 Å². The topological polar surface area (TPSA) is 15.3 Å². The van der Waals surface area contributed by atoms with E-state index >= 15 is 0 Å². The molecule has 3 fully saturated rings. The Hall–Kier alpha value is -0.0800. The van der Waals surface area contributed by atoms with Gasteiger partial charge in [0.05, 0.1) is 0 Å². The number of nitrogens with zero attached hydrogens (tertiary/aromatic N) is 1. The number of hydrogen-bond donors (Lipinski definition) is 1. The summed E-state index contributed by atoms with van der Waals surface area (Å²) in [6.45, 7) is 3.81. The summed E-state index contributed by atoms with van der Waals surface area (Å²) in [4.78, 5) is 2.93. The standard InChI is InChI=1S/C18H34N2/c1-3-7-17(8-4-1)20(18-9-5-2-6-10-18)14-13-19-15-16-11-12-16/h16-19H,1-15H2. The van der Waals surface area contributed by atoms with E-state index in [1.165, 1.54) is 96.7 Å². The van der Waals surface area contributed by atoms with Crippen LogP contribution < -0.4 is 5.32 Å². The average molecular weight is 278 g/mol. The van der Waals surface area contributed by atoms with Gasteiger partial charge in [0.1, 0.15) is 0 Å². The van der Waals surface area contributed by atoms with Crippen molar-refractivity contribution in [3.63, 3.8) is 0 Å². The predicted octanol–water partition coefficient (Wildman–Crippen LogP) is 3.95. The van der Waals surface area contributed by atoms with Crippen molar-refractivity contribution in [1.82, 2.24) is 10.2 Å². The molecule has 0 aliphatic heterocycles. The van der Waals surface area contributed by atoms with Gasteiger partial charge in [-0.2, -0.15) is 0 Å². The van der Waals surface area contributed by atoms with Gasteiger partial charge < -0.3 is 5.32 Å². The van der Waals surface area contributed by atoms with Crippen LogP contribution in [0, 0.1) is 5.92 Å². The summed E-state index contributed by atoms with van der Waals surface area (Å²) >= 11 is 0. The lowest BCUT2D eigenvalue weighted by Crippen LogP contribution is -2.48. The van der Waals surface area contributed by atoms with Gasteiger partial charge in [-0.3, -0.25) is 4.90 Å². The Morgan fingerprint density at radius 2 is 1.25 bits per heavy atom. The maximum atomic E-state index is 3.71. The fourth-order valence-corrected chi connectivity index (χ4v) is 4.32. The van der Waals surface area contributed by atoms with Crippen LogP contribution in [0.5, 0.6) is 0 Å². The van der Waals surface area contributed by atoms with Gasteiger partial charge in [-0.25, -0.2) is 0 Å². The molecule has 2 heteroatoms. The molecular weight excluding hydrogens is 244 g/mol. The van der Waals surface area contributed by atoms with E-state index in [-0.39, 0.29) is 0 Å². The van der Waals surface area contributed by atoms with Crippen LogP contribution in [-0.4, -0.2) is 36.6 Å². The Kier molecular flexibility index (Phi) is 5.78. The quantitative estimate of drug-likeness (QED) is 0.709. The fraction of sp³-hybridized carbons (Fsp3) is 1.00. The lowest BCUT2D eigenvalue weighted by molar-refractivity contribution is 0.0818. The minimum Gasteiger partial charge on any atom is -0.315 e. The maximum Gasteiger partial charge on any atom is 0.0113 e. The third-order valence-corrected chi connectivity index (χ3v) is 5.76. The summed E-state index contributed by atoms with van der Waals surface area (Å²) in [5, 5.41) is 3.71. The van der Waals surface area contributed by atoms with Crippen LogP contribution in [0.1, 0.15) is 77.0 Å². The summed E-state index contributed by atoms with van der Waals surface area (Å²) in [5.74, 6) is 1.02. The van der Waals surface area contributed by atoms with Crippen LogP contribution in [0.4, 0.5) is 0 Å². The first-order valence-corrected chi connectivity index (χ1v) is 9.40. The first kappa shape index (κ1) is 14.8. The van der Waals surface area contributed by atoms with E-state index in [0.717, 1.165) is 18.0 Å². The maximum absolute atomic E-state index is 3.71. The zero-order valence-corrected chi connectivity index (χ0v) is 13.3. The van der Waals surface area contributed by atoms with Gasteiger partial charge in [0.15, 0.2) is 0 Å². The molecule has 0 radical (unpaired) electrons. The van der Waals surface area contributed by atoms with Gasteiger partial charge >= 0.3 is 0 Å². The van der Waals surface area contributed by atoms with Gasteiger partial charge in [-0.1, -0.05) is 38.5 Å². The summed E-state index contributed by atoms with van der Waals surface area (Å²) in [6.07, 6.45) is 17.7. The smallest absolute Gasteiger partial charge is 0.0113 e. The molecule has 0 aromatic heterocycles. The second kappa shape index (κ2) is 7.79. The molecule has 3 aliphatic rings. The van der Waals surface area contributed by atoms with Crippen molar-refractivity contribution < 1.29 is 0 Å². The summed E-state index contributed by atoms with van der Waals surface area (Å²) < 4.78 is 0. The number of nitrogens with one attached hydrogen (secondary N) is 1. The van der Waals surface area contributed by atoms with Crippen molar-refractivity contribution in [1.29, 1.82) is 0 Å². The molecule has 0 amide bonds. The van der Waals surface area contributed by atoms with E-state index < -0.39 is 0 Å². The third kappa shape index (κ3) is 4.46. The van der Waals surface area contributed by atoms with E-state index in [4.69, 9.17) is 0 Å². The lowest BCUT2D eigenvalue weighted by atomic mass is 9.88. The van der Waals surface area contributed by atoms with Crippen molar-refractivity contribution in [2.75, 3.05) is 19.6 Å². The summed E-state index contributed by atoms with van der Waals surface area (Å²) in [7, 11) is 0. The average Bonchev–Trinajstić information content (AvgIpc) is 3.33. The van der Waals surface area contributed by atoms with Crippen molar-refractivity contribution in [3.8, 4) is 0 Å². The van der Waals surface area contributed by atoms with E-state index in [1.807, 2.05) is 0 Å². The lowest BCUT2D eigenvalue weighted by Gasteiger charge is -2.41. The molecule has 0 aromatic carbocycles. The predicted molar refractivity (Wildman–Crippen MR) is 86.0 cm³/mol. The van der Waals surface area contributed by atoms with Crippen molar-refractivity contribution in [2.45, 2.75) is 89.1 Å². The van der Waals surface area contributed by atoms with E-state index in [0.29, 0.717) is 0 Å². The molecule has 20 heavy (non-hydrogen) atoms. The molecule has 0 heterocycles. The molecule has 0 saturated heterocycles. The first-order chi connectivity index (χ1) is 9.93. The molecule has 3 rings (SSSR count). The number of rotatable bonds is 7. The Labute approximate surface area is 125 Å². The SMILES string of the molecule is C1CCC(N(CCNCC2CC2)C2CCCCC2)CC1. The van der Waals surface area contributed by atoms with Crippen LogP contribution >= 0.6 is 0 Å². The highest BCUT2D eigenvalue weighted by Crippen LogP contribution is 2.30. The van der Waals surface area contributed by atoms with Gasteiger partial charge in [0.2, 0.25) is 0 Å². The summed E-state index contributed by atoms with van der Waals surface area (Å²) in [6, 6.07) is 1.82. The first-order valence-electron chi connectivity index (χ1n) is 9.40. The summed E-state index contributed by atoms with van der Waals surface area (Å²) in [5.41, 5.74) is 0. The molecule has 2 nitrogen and oxygen atoms in total. The largest absolute Gasteiger partial charge is 0.315 e. The molecule has 0 bridgehead atoms. The molecule has 0 unspecified atom stereocenters. The van der Waals surface area contributed by atoms with Crippen LogP contribution in [0.15, 0.2) is 0 Å². The molecule has 116 valence electrons. The zero-order valence-electron chi connectivity index (χ0n) is 13.3. The van der Waals surface area contributed by atoms with Crippen LogP contribution in [0.3, 0.4) is 0 Å². The van der Waals surface area contributed by atoms with Crippen molar-refractivity contribution in [3.05, 3.63) is 0 Å². The van der Waals surface area contributed by atoms with Crippen LogP contribution in [0.25, 0.3) is 0 Å². The second-order valence-corrected chi connectivity index (χ2v) is 7.47. The van der Waals surface area contributed by atoms with Gasteiger partial charge in [0.25, 0.3) is 0 Å². The monoisotopic (exact) mass is 278 g/mol. The highest BCUT2D eigenvalue weighted by molar-refractivity contribution is 4.84. The second-order valence-electron chi connectivity index (χ2n) is 7.47. The third-order valence-electron chi connectivity index (χ3n) is 5.76. The highest BCUT2D eigenvalue weighted by Gasteiger charge is 2.28. The molecule has 3 aliphatic carbocycles. The Bertz CT molecular complexity index is 245. The van der Waals surface area contributed by atoms with Gasteiger partial charge in [-0.15, -0.1) is 0 Å². The molecular formula is C18H34N2. The highest BCUT2D eigenvalue weighted by atomic mass is 15.2. The van der Waals surface area contributed by atoms with Gasteiger partial charge in [-0.05, 0) is 51.0 Å². The Balaban J connectivity index is 1.47. The molecule has 1 N–H and O–H groups in total. The van der Waals surface area contributed by atoms with Crippen molar-refractivity contribution >= 4 is 0 Å². The number of hydrogen-bond acceptors (Lipinski definition) is 2. The minimum absolute atomic E-state index is 0.912. The Morgan fingerprint density at radius 3 is 1.75 bits per heavy atom. The molecule has 0 spiro atoms. The van der Waals surface area contributed by atoms with E-state index in [9.17, 15) is 0 Å². The van der Waals surface area contributed by atoms with E-state index in [2.05, 4.69) is 10.2 Å². The van der Waals surface area contributed by atoms with Crippen LogP contribution in [0.2, 0.25) is 0 Å². The van der Waals surface area contributed by atoms with Crippen molar-refractivity contribution in [2.24, 2.45) is 5.92 Å². The zero-order chi connectivity index (χ0) is 13.6. The fourth-order valence-electron chi connectivity index (χ4n) is 4.32. The molecule has 0 atom stereocenters. The minimum atomic E-state index is 0.912.